The summed E-state index contributed by atoms with van der Waals surface area (Å²) in [4.78, 5) is 0. The molecule has 1 atom stereocenters. The van der Waals surface area contributed by atoms with Gasteiger partial charge in [-0.05, 0) is 67.9 Å². The smallest absolute Gasteiger partial charge is 0.335 e. The van der Waals surface area contributed by atoms with E-state index >= 15 is 0 Å². The first-order valence-corrected chi connectivity index (χ1v) is 14.8. The van der Waals surface area contributed by atoms with Gasteiger partial charge in [-0.1, -0.05) is 39.0 Å². The number of hydrogen-bond acceptors (Lipinski definition) is 4. The zero-order valence-corrected chi connectivity index (χ0v) is 20.0. The monoisotopic (exact) mass is 412 g/mol. The van der Waals surface area contributed by atoms with Gasteiger partial charge in [0.15, 0.2) is 8.32 Å². The topological polar surface area (TPSA) is 44.8 Å². The van der Waals surface area contributed by atoms with Crippen molar-refractivity contribution in [3.8, 4) is 0 Å². The molecule has 1 aromatic rings. The summed E-state index contributed by atoms with van der Waals surface area (Å²) in [6.07, 6.45) is 3.74. The first-order valence-electron chi connectivity index (χ1n) is 10.2. The highest BCUT2D eigenvalue weighted by atomic mass is 31.2. The van der Waals surface area contributed by atoms with Gasteiger partial charge in [-0.15, -0.1) is 0 Å². The lowest BCUT2D eigenvalue weighted by atomic mass is 9.88. The molecule has 1 aromatic carbocycles. The van der Waals surface area contributed by atoms with Crippen LogP contribution in [-0.4, -0.2) is 21.5 Å². The highest BCUT2D eigenvalue weighted by molar-refractivity contribution is 7.53. The Morgan fingerprint density at radius 3 is 2.33 bits per heavy atom. The second-order valence-electron chi connectivity index (χ2n) is 8.90. The van der Waals surface area contributed by atoms with Crippen LogP contribution >= 0.6 is 7.60 Å². The van der Waals surface area contributed by atoms with E-state index in [1.807, 2.05) is 13.8 Å². The fourth-order valence-electron chi connectivity index (χ4n) is 3.30. The fraction of sp³-hybridized carbons (Fsp3) is 0.714. The van der Waals surface area contributed by atoms with Crippen LogP contribution in [0.3, 0.4) is 0 Å². The summed E-state index contributed by atoms with van der Waals surface area (Å²) in [5.41, 5.74) is 3.63. The normalized spacial score (nSPS) is 18.4. The molecule has 1 aliphatic rings. The Kier molecular flexibility index (Phi) is 7.54. The van der Waals surface area contributed by atoms with E-state index in [4.69, 9.17) is 13.5 Å². The van der Waals surface area contributed by atoms with E-state index in [-0.39, 0.29) is 11.1 Å². The van der Waals surface area contributed by atoms with Crippen molar-refractivity contribution in [2.75, 3.05) is 13.2 Å². The number of hydrogen-bond donors (Lipinski definition) is 0. The number of rotatable bonds is 8. The lowest BCUT2D eigenvalue weighted by molar-refractivity contribution is 0.163. The van der Waals surface area contributed by atoms with E-state index in [1.165, 1.54) is 11.1 Å². The van der Waals surface area contributed by atoms with Crippen molar-refractivity contribution in [3.63, 3.8) is 0 Å². The number of benzene rings is 1. The van der Waals surface area contributed by atoms with Gasteiger partial charge in [0.25, 0.3) is 0 Å². The standard InChI is InChI=1S/C21H37O4PSi/c1-8-23-26(22,24-9-2)16-17-13-14-18-11-10-12-20(19(18)15-17)25-27(6,7)21(3,4)5/h13-15,20H,8-12,16H2,1-7H3. The predicted molar refractivity (Wildman–Crippen MR) is 115 cm³/mol. The molecule has 0 N–H and O–H groups in total. The molecular formula is C21H37O4PSi. The first-order chi connectivity index (χ1) is 12.5. The maximum absolute atomic E-state index is 12.9. The van der Waals surface area contributed by atoms with Crippen molar-refractivity contribution in [1.29, 1.82) is 0 Å². The largest absolute Gasteiger partial charge is 0.410 e. The molecule has 4 nitrogen and oxygen atoms in total. The molecule has 0 aliphatic heterocycles. The van der Waals surface area contributed by atoms with E-state index in [2.05, 4.69) is 52.1 Å². The van der Waals surface area contributed by atoms with Crippen LogP contribution in [0.2, 0.25) is 18.1 Å². The van der Waals surface area contributed by atoms with Crippen molar-refractivity contribution in [3.05, 3.63) is 34.9 Å². The summed E-state index contributed by atoms with van der Waals surface area (Å²) in [6, 6.07) is 6.42. The van der Waals surface area contributed by atoms with Crippen molar-refractivity contribution < 1.29 is 18.0 Å². The molecule has 0 aromatic heterocycles. The summed E-state index contributed by atoms with van der Waals surface area (Å²) >= 11 is 0. The van der Waals surface area contributed by atoms with Crippen LogP contribution in [0.15, 0.2) is 18.2 Å². The van der Waals surface area contributed by atoms with Crippen LogP contribution in [0, 0.1) is 0 Å². The van der Waals surface area contributed by atoms with Gasteiger partial charge in [0, 0.05) is 0 Å². The van der Waals surface area contributed by atoms with Crippen LogP contribution in [-0.2, 0) is 30.6 Å². The zero-order valence-electron chi connectivity index (χ0n) is 18.1. The van der Waals surface area contributed by atoms with Crippen LogP contribution in [0.1, 0.15) is 70.3 Å². The molecular weight excluding hydrogens is 375 g/mol. The van der Waals surface area contributed by atoms with Gasteiger partial charge in [-0.25, -0.2) is 0 Å². The highest BCUT2D eigenvalue weighted by Crippen LogP contribution is 2.52. The van der Waals surface area contributed by atoms with Crippen molar-refractivity contribution in [2.45, 2.75) is 84.3 Å². The molecule has 154 valence electrons. The van der Waals surface area contributed by atoms with Crippen molar-refractivity contribution in [2.24, 2.45) is 0 Å². The number of aryl methyl sites for hydroxylation is 1. The molecule has 1 unspecified atom stereocenters. The zero-order chi connectivity index (χ0) is 20.3. The first kappa shape index (κ1) is 22.8. The Hall–Kier alpha value is -0.453. The molecule has 1 aliphatic carbocycles. The molecule has 0 bridgehead atoms. The fourth-order valence-corrected chi connectivity index (χ4v) is 6.30. The van der Waals surface area contributed by atoms with Crippen LogP contribution in [0.4, 0.5) is 0 Å². The van der Waals surface area contributed by atoms with Crippen LogP contribution in [0.25, 0.3) is 0 Å². The van der Waals surface area contributed by atoms with Gasteiger partial charge in [0.05, 0.1) is 25.5 Å². The molecule has 0 heterocycles. The summed E-state index contributed by atoms with van der Waals surface area (Å²) in [5.74, 6) is 0. The molecule has 27 heavy (non-hydrogen) atoms. The average molecular weight is 413 g/mol. The van der Waals surface area contributed by atoms with Crippen molar-refractivity contribution in [1.82, 2.24) is 0 Å². The highest BCUT2D eigenvalue weighted by Gasteiger charge is 2.40. The van der Waals surface area contributed by atoms with Crippen molar-refractivity contribution >= 4 is 15.9 Å². The molecule has 2 rings (SSSR count). The average Bonchev–Trinajstić information content (AvgIpc) is 2.54. The van der Waals surface area contributed by atoms with Gasteiger partial charge in [0.1, 0.15) is 0 Å². The van der Waals surface area contributed by atoms with Gasteiger partial charge < -0.3 is 13.5 Å². The number of fused-ring (bicyclic) bond motifs is 1. The Labute approximate surface area is 166 Å². The second kappa shape index (κ2) is 8.92. The summed E-state index contributed by atoms with van der Waals surface area (Å²) in [6.45, 7) is 15.9. The lowest BCUT2D eigenvalue weighted by Crippen LogP contribution is -2.42. The molecule has 0 saturated heterocycles. The molecule has 0 amide bonds. The van der Waals surface area contributed by atoms with Crippen LogP contribution in [0.5, 0.6) is 0 Å². The Morgan fingerprint density at radius 1 is 1.15 bits per heavy atom. The van der Waals surface area contributed by atoms with E-state index in [1.54, 1.807) is 0 Å². The van der Waals surface area contributed by atoms with E-state index in [0.717, 1.165) is 24.8 Å². The van der Waals surface area contributed by atoms with Gasteiger partial charge in [-0.3, -0.25) is 4.57 Å². The summed E-state index contributed by atoms with van der Waals surface area (Å²) in [5, 5.41) is 0.182. The minimum absolute atomic E-state index is 0.133. The Morgan fingerprint density at radius 2 is 1.78 bits per heavy atom. The lowest BCUT2D eigenvalue weighted by Gasteiger charge is -2.41. The Balaban J connectivity index is 2.28. The van der Waals surface area contributed by atoms with Gasteiger partial charge in [0.2, 0.25) is 0 Å². The molecule has 0 radical (unpaired) electrons. The Bertz CT molecular complexity index is 671. The molecule has 0 fully saturated rings. The predicted octanol–water partition coefficient (Wildman–Crippen LogP) is 6.85. The second-order valence-corrected chi connectivity index (χ2v) is 15.7. The molecule has 0 spiro atoms. The maximum Gasteiger partial charge on any atom is 0.335 e. The summed E-state index contributed by atoms with van der Waals surface area (Å²) < 4.78 is 30.6. The molecule has 0 saturated carbocycles. The minimum Gasteiger partial charge on any atom is -0.410 e. The van der Waals surface area contributed by atoms with Crippen LogP contribution < -0.4 is 0 Å². The SMILES string of the molecule is CCOP(=O)(Cc1ccc2c(c1)C(O[Si](C)(C)C(C)(C)C)CCC2)OCC. The third kappa shape index (κ3) is 5.77. The quantitative estimate of drug-likeness (QED) is 0.346. The summed E-state index contributed by atoms with van der Waals surface area (Å²) in [7, 11) is -4.95. The van der Waals surface area contributed by atoms with E-state index < -0.39 is 15.9 Å². The maximum atomic E-state index is 12.9. The van der Waals surface area contributed by atoms with Gasteiger partial charge >= 0.3 is 7.60 Å². The minimum atomic E-state index is -3.10. The van der Waals surface area contributed by atoms with E-state index in [0.29, 0.717) is 19.4 Å². The van der Waals surface area contributed by atoms with Gasteiger partial charge in [-0.2, -0.15) is 0 Å². The van der Waals surface area contributed by atoms with E-state index in [9.17, 15) is 4.57 Å². The third-order valence-electron chi connectivity index (χ3n) is 5.74. The third-order valence-corrected chi connectivity index (χ3v) is 12.3. The molecule has 6 heteroatoms.